The molecule has 0 spiro atoms. The van der Waals surface area contributed by atoms with Crippen molar-refractivity contribution in [1.29, 1.82) is 0 Å². The third-order valence-electron chi connectivity index (χ3n) is 5.36. The van der Waals surface area contributed by atoms with Gasteiger partial charge in [0.2, 0.25) is 5.95 Å². The van der Waals surface area contributed by atoms with E-state index in [1.54, 1.807) is 0 Å². The van der Waals surface area contributed by atoms with Gasteiger partial charge in [0.1, 0.15) is 5.75 Å². The van der Waals surface area contributed by atoms with E-state index in [4.69, 9.17) is 4.74 Å². The number of hydrogen-bond acceptors (Lipinski definition) is 5. The number of ether oxygens (including phenoxy) is 1. The van der Waals surface area contributed by atoms with Crippen molar-refractivity contribution in [3.63, 3.8) is 0 Å². The second-order valence-electron chi connectivity index (χ2n) is 7.84. The number of H-pyrrole nitrogens is 1. The smallest absolute Gasteiger partial charge is 0.255 e. The van der Waals surface area contributed by atoms with E-state index in [9.17, 15) is 4.79 Å². The first kappa shape index (κ1) is 21.4. The molecule has 0 bridgehead atoms. The molecule has 3 rings (SSSR count). The average molecular weight is 399 g/mol. The number of anilines is 1. The Kier molecular flexibility index (Phi) is 8.11. The third-order valence-corrected chi connectivity index (χ3v) is 5.36. The summed E-state index contributed by atoms with van der Waals surface area (Å²) in [7, 11) is 0. The summed E-state index contributed by atoms with van der Waals surface area (Å²) in [5.41, 5.74) is 2.86. The first-order valence-corrected chi connectivity index (χ1v) is 10.9. The highest BCUT2D eigenvalue weighted by Crippen LogP contribution is 2.17. The zero-order valence-electron chi connectivity index (χ0n) is 17.8. The van der Waals surface area contributed by atoms with E-state index in [0.29, 0.717) is 19.1 Å². The molecule has 0 saturated carbocycles. The Bertz CT molecular complexity index is 828. The van der Waals surface area contributed by atoms with Gasteiger partial charge in [-0.05, 0) is 63.4 Å². The molecule has 1 saturated heterocycles. The predicted octanol–water partition coefficient (Wildman–Crippen LogP) is 3.90. The van der Waals surface area contributed by atoms with E-state index < -0.39 is 0 Å². The summed E-state index contributed by atoms with van der Waals surface area (Å²) in [5.74, 6) is 1.46. The number of hydrogen-bond donors (Lipinski definition) is 2. The van der Waals surface area contributed by atoms with Crippen LogP contribution in [0, 0.1) is 6.92 Å². The van der Waals surface area contributed by atoms with Crippen LogP contribution in [0.1, 0.15) is 55.8 Å². The molecule has 1 aliphatic heterocycles. The van der Waals surface area contributed by atoms with Gasteiger partial charge in [-0.2, -0.15) is 0 Å². The predicted molar refractivity (Wildman–Crippen MR) is 118 cm³/mol. The Hall–Kier alpha value is -2.34. The van der Waals surface area contributed by atoms with Gasteiger partial charge >= 0.3 is 0 Å². The molecule has 0 atom stereocenters. The molecule has 2 aromatic rings. The quantitative estimate of drug-likeness (QED) is 0.594. The molecule has 2 N–H and O–H groups in total. The Morgan fingerprint density at radius 2 is 2.07 bits per heavy atom. The molecule has 2 heterocycles. The maximum atomic E-state index is 12.1. The highest BCUT2D eigenvalue weighted by Gasteiger charge is 2.11. The summed E-state index contributed by atoms with van der Waals surface area (Å²) in [6.07, 6.45) is 6.51. The number of piperidine rings is 1. The van der Waals surface area contributed by atoms with Crippen LogP contribution in [-0.4, -0.2) is 41.1 Å². The first-order valence-electron chi connectivity index (χ1n) is 10.9. The van der Waals surface area contributed by atoms with Crippen molar-refractivity contribution in [2.24, 2.45) is 0 Å². The second-order valence-corrected chi connectivity index (χ2v) is 7.84. The number of aromatic amines is 1. The average Bonchev–Trinajstić information content (AvgIpc) is 2.71. The largest absolute Gasteiger partial charge is 0.494 e. The molecule has 6 nitrogen and oxygen atoms in total. The molecular weight excluding hydrogens is 364 g/mol. The molecule has 0 unspecified atom stereocenters. The number of nitrogens with zero attached hydrogens (tertiary/aromatic N) is 2. The van der Waals surface area contributed by atoms with Gasteiger partial charge in [0.15, 0.2) is 0 Å². The van der Waals surface area contributed by atoms with Gasteiger partial charge in [-0.15, -0.1) is 0 Å². The maximum absolute atomic E-state index is 12.1. The highest BCUT2D eigenvalue weighted by atomic mass is 16.5. The van der Waals surface area contributed by atoms with E-state index >= 15 is 0 Å². The fourth-order valence-electron chi connectivity index (χ4n) is 3.82. The van der Waals surface area contributed by atoms with Crippen molar-refractivity contribution < 1.29 is 4.74 Å². The summed E-state index contributed by atoms with van der Waals surface area (Å²) < 4.78 is 5.92. The van der Waals surface area contributed by atoms with Gasteiger partial charge in [0.05, 0.1) is 6.61 Å². The lowest BCUT2D eigenvalue weighted by Crippen LogP contribution is -2.29. The van der Waals surface area contributed by atoms with Crippen LogP contribution < -0.4 is 15.6 Å². The van der Waals surface area contributed by atoms with Crippen molar-refractivity contribution in [3.8, 4) is 5.75 Å². The number of nitrogens with one attached hydrogen (secondary N) is 2. The monoisotopic (exact) mass is 398 g/mol. The second kappa shape index (κ2) is 11.0. The van der Waals surface area contributed by atoms with Gasteiger partial charge in [0.25, 0.3) is 5.56 Å². The minimum absolute atomic E-state index is 0.0383. The van der Waals surface area contributed by atoms with Crippen LogP contribution in [0.3, 0.4) is 0 Å². The molecule has 0 amide bonds. The molecule has 1 aromatic heterocycles. The van der Waals surface area contributed by atoms with Crippen LogP contribution in [0.15, 0.2) is 29.1 Å². The van der Waals surface area contributed by atoms with E-state index in [-0.39, 0.29) is 5.56 Å². The van der Waals surface area contributed by atoms with Crippen LogP contribution >= 0.6 is 0 Å². The van der Waals surface area contributed by atoms with Gasteiger partial charge in [0, 0.05) is 24.3 Å². The molecule has 1 aliphatic rings. The lowest BCUT2D eigenvalue weighted by Gasteiger charge is -2.26. The fourth-order valence-corrected chi connectivity index (χ4v) is 3.82. The van der Waals surface area contributed by atoms with Crippen LogP contribution in [0.5, 0.6) is 5.75 Å². The Morgan fingerprint density at radius 1 is 1.24 bits per heavy atom. The molecule has 6 heteroatoms. The van der Waals surface area contributed by atoms with Crippen LogP contribution in [0.2, 0.25) is 0 Å². The number of rotatable bonds is 10. The van der Waals surface area contributed by atoms with E-state index in [1.807, 2.05) is 13.0 Å². The number of benzene rings is 1. The molecule has 1 aromatic carbocycles. The van der Waals surface area contributed by atoms with Gasteiger partial charge in [-0.1, -0.05) is 31.9 Å². The summed E-state index contributed by atoms with van der Waals surface area (Å²) >= 11 is 0. The molecule has 0 aliphatic carbocycles. The Labute approximate surface area is 173 Å². The minimum Gasteiger partial charge on any atom is -0.494 e. The molecule has 158 valence electrons. The van der Waals surface area contributed by atoms with E-state index in [0.717, 1.165) is 42.8 Å². The normalized spacial score (nSPS) is 14.7. The maximum Gasteiger partial charge on any atom is 0.255 e. The van der Waals surface area contributed by atoms with Crippen molar-refractivity contribution in [3.05, 3.63) is 51.4 Å². The highest BCUT2D eigenvalue weighted by molar-refractivity contribution is 5.30. The van der Waals surface area contributed by atoms with Crippen molar-refractivity contribution in [1.82, 2.24) is 14.9 Å². The lowest BCUT2D eigenvalue weighted by molar-refractivity contribution is 0.220. The SMILES string of the molecule is CCCc1c(C)nc(NCCCOc2cccc(CN3CCCCC3)c2)[nH]c1=O. The number of aryl methyl sites for hydroxylation is 1. The van der Waals surface area contributed by atoms with Crippen LogP contribution in [0.4, 0.5) is 5.95 Å². The summed E-state index contributed by atoms with van der Waals surface area (Å²) in [5, 5.41) is 3.19. The zero-order chi connectivity index (χ0) is 20.5. The van der Waals surface area contributed by atoms with E-state index in [1.165, 1.54) is 37.9 Å². The summed E-state index contributed by atoms with van der Waals surface area (Å²) in [4.78, 5) is 22.0. The lowest BCUT2D eigenvalue weighted by atomic mass is 10.1. The zero-order valence-corrected chi connectivity index (χ0v) is 17.8. The number of likely N-dealkylation sites (tertiary alicyclic amines) is 1. The first-order chi connectivity index (χ1) is 14.2. The molecule has 1 fully saturated rings. The van der Waals surface area contributed by atoms with Gasteiger partial charge in [-0.3, -0.25) is 14.7 Å². The van der Waals surface area contributed by atoms with Crippen LogP contribution in [-0.2, 0) is 13.0 Å². The Morgan fingerprint density at radius 3 is 2.83 bits per heavy atom. The standard InChI is InChI=1S/C23H34N4O2/c1-3-9-21-18(2)25-23(26-22(21)28)24-12-8-15-29-20-11-7-10-19(16-20)17-27-13-5-4-6-14-27/h7,10-11,16H,3-6,8-9,12-15,17H2,1-2H3,(H2,24,25,26,28). The van der Waals surface area contributed by atoms with E-state index in [2.05, 4.69) is 45.3 Å². The number of aromatic nitrogens is 2. The van der Waals surface area contributed by atoms with Crippen molar-refractivity contribution in [2.45, 2.75) is 58.9 Å². The van der Waals surface area contributed by atoms with Gasteiger partial charge < -0.3 is 10.1 Å². The molecular formula is C23H34N4O2. The van der Waals surface area contributed by atoms with Crippen LogP contribution in [0.25, 0.3) is 0 Å². The molecule has 29 heavy (non-hydrogen) atoms. The summed E-state index contributed by atoms with van der Waals surface area (Å²) in [6.45, 7) is 8.68. The topological polar surface area (TPSA) is 70.2 Å². The summed E-state index contributed by atoms with van der Waals surface area (Å²) in [6, 6.07) is 8.41. The van der Waals surface area contributed by atoms with Crippen molar-refractivity contribution in [2.75, 3.05) is 31.6 Å². The Balaban J connectivity index is 1.41. The fraction of sp³-hybridized carbons (Fsp3) is 0.565. The van der Waals surface area contributed by atoms with Gasteiger partial charge in [-0.25, -0.2) is 4.98 Å². The van der Waals surface area contributed by atoms with Crippen molar-refractivity contribution >= 4 is 5.95 Å². The molecule has 0 radical (unpaired) electrons. The minimum atomic E-state index is -0.0383. The third kappa shape index (κ3) is 6.60.